The molecule has 23 heteroatoms. The van der Waals surface area contributed by atoms with E-state index in [2.05, 4.69) is 31.2 Å². The zero-order valence-electron chi connectivity index (χ0n) is 31.3. The number of carbonyl (C=O) groups excluding carboxylic acids is 6. The number of nitrogens with one attached hydrogen (secondary N) is 5. The van der Waals surface area contributed by atoms with Crippen LogP contribution in [0.4, 0.5) is 13.2 Å². The monoisotopic (exact) mass is 805 g/mol. The third-order valence-electron chi connectivity index (χ3n) is 8.79. The van der Waals surface area contributed by atoms with Crippen molar-refractivity contribution in [3.63, 3.8) is 0 Å². The summed E-state index contributed by atoms with van der Waals surface area (Å²) in [7, 11) is 0. The van der Waals surface area contributed by atoms with Crippen LogP contribution in [-0.4, -0.2) is 151 Å². The van der Waals surface area contributed by atoms with Gasteiger partial charge >= 0.3 is 18.1 Å². The van der Waals surface area contributed by atoms with E-state index in [1.807, 2.05) is 0 Å². The maximum absolute atomic E-state index is 13.7. The second-order valence-corrected chi connectivity index (χ2v) is 13.8. The van der Waals surface area contributed by atoms with E-state index >= 15 is 0 Å². The Morgan fingerprint density at radius 3 is 1.91 bits per heavy atom. The zero-order chi connectivity index (χ0) is 42.5. The Kier molecular flexibility index (Phi) is 17.7. The molecule has 1 aromatic rings. The van der Waals surface area contributed by atoms with E-state index in [9.17, 15) is 56.9 Å². The molecule has 20 nitrogen and oxygen atoms in total. The summed E-state index contributed by atoms with van der Waals surface area (Å²) in [6.07, 6.45) is -0.110. The number of halogens is 3. The minimum atomic E-state index is -5.08. The molecule has 0 saturated carbocycles. The number of likely N-dealkylation sites (tertiary alicyclic amines) is 2. The van der Waals surface area contributed by atoms with Crippen molar-refractivity contribution in [1.29, 1.82) is 0 Å². The minimum absolute atomic E-state index is 0.0258. The van der Waals surface area contributed by atoms with Gasteiger partial charge in [-0.2, -0.15) is 13.2 Å². The van der Waals surface area contributed by atoms with Crippen molar-refractivity contribution >= 4 is 47.4 Å². The van der Waals surface area contributed by atoms with Gasteiger partial charge in [0.05, 0.1) is 19.0 Å². The highest BCUT2D eigenvalue weighted by molar-refractivity contribution is 5.97. The van der Waals surface area contributed by atoms with Crippen LogP contribution >= 0.6 is 0 Å². The third-order valence-corrected chi connectivity index (χ3v) is 8.79. The molecular formula is C33H50F3N9O11. The number of rotatable bonds is 16. The van der Waals surface area contributed by atoms with Gasteiger partial charge in [-0.15, -0.1) is 0 Å². The predicted octanol–water partition coefficient (Wildman–Crippen LogP) is -2.00. The number of aliphatic hydroxyl groups excluding tert-OH is 1. The van der Waals surface area contributed by atoms with Gasteiger partial charge in [-0.3, -0.25) is 28.8 Å². The van der Waals surface area contributed by atoms with E-state index in [0.29, 0.717) is 44.5 Å². The molecule has 0 aromatic carbocycles. The van der Waals surface area contributed by atoms with Crippen LogP contribution in [0.1, 0.15) is 65.5 Å². The lowest BCUT2D eigenvalue weighted by molar-refractivity contribution is -0.192. The van der Waals surface area contributed by atoms with E-state index in [0.717, 1.165) is 0 Å². The van der Waals surface area contributed by atoms with Crippen LogP contribution in [0.5, 0.6) is 0 Å². The standard InChI is InChI=1S/C31H49N9O9.C2HF3O2/c1-16(2)11-20(27(44)38-22(14-41)31(48)49)36-25(42)18(4)35-26(43)21(12-19-13-33-15-34-19)37-28(45)23-7-5-9-39(23)30(47)24-8-6-10-40(24)29(46)17(3)32;3-2(4,5)1(6)7/h13,15-18,20-24,41H,5-12,14,32H2,1-4H3,(H,33,34)(H,35,43)(H,36,42)(H,37,45)(H,38,44)(H,48,49);(H,6,7). The average molecular weight is 806 g/mol. The number of aromatic amines is 1. The molecule has 0 aliphatic carbocycles. The Bertz CT molecular complexity index is 1560. The number of aliphatic carboxylic acids is 2. The quantitative estimate of drug-likeness (QED) is 0.0875. The molecule has 2 fully saturated rings. The van der Waals surface area contributed by atoms with Crippen LogP contribution in [0.3, 0.4) is 0 Å². The van der Waals surface area contributed by atoms with E-state index in [1.165, 1.54) is 29.2 Å². The highest BCUT2D eigenvalue weighted by atomic mass is 19.4. The molecule has 6 amide bonds. The number of carbonyl (C=O) groups is 8. The summed E-state index contributed by atoms with van der Waals surface area (Å²) in [6, 6.07) is -7.50. The molecule has 7 unspecified atom stereocenters. The summed E-state index contributed by atoms with van der Waals surface area (Å²) in [6.45, 7) is 6.38. The number of amides is 6. The molecule has 0 bridgehead atoms. The molecule has 1 aromatic heterocycles. The van der Waals surface area contributed by atoms with E-state index in [4.69, 9.17) is 15.6 Å². The van der Waals surface area contributed by atoms with Gasteiger partial charge in [0.1, 0.15) is 36.3 Å². The first kappa shape index (κ1) is 46.8. The van der Waals surface area contributed by atoms with Crippen LogP contribution < -0.4 is 27.0 Å². The van der Waals surface area contributed by atoms with Crippen molar-refractivity contribution in [2.24, 2.45) is 11.7 Å². The van der Waals surface area contributed by atoms with E-state index in [-0.39, 0.29) is 30.6 Å². The lowest BCUT2D eigenvalue weighted by Crippen LogP contribution is -2.59. The summed E-state index contributed by atoms with van der Waals surface area (Å²) in [5.41, 5.74) is 6.30. The fraction of sp³-hybridized carbons (Fsp3) is 0.667. The molecule has 2 saturated heterocycles. The molecule has 3 heterocycles. The smallest absolute Gasteiger partial charge is 0.480 e. The van der Waals surface area contributed by atoms with E-state index < -0.39 is 90.6 Å². The Morgan fingerprint density at radius 2 is 1.41 bits per heavy atom. The normalized spacial score (nSPS) is 19.4. The van der Waals surface area contributed by atoms with Gasteiger partial charge in [0.15, 0.2) is 0 Å². The van der Waals surface area contributed by atoms with Gasteiger partial charge in [-0.05, 0) is 51.9 Å². The number of nitrogens with two attached hydrogens (primary N) is 1. The minimum Gasteiger partial charge on any atom is -0.480 e. The zero-order valence-corrected chi connectivity index (χ0v) is 31.3. The number of alkyl halides is 3. The number of carboxylic acid groups (broad SMARTS) is 2. The first-order valence-electron chi connectivity index (χ1n) is 17.8. The highest BCUT2D eigenvalue weighted by Gasteiger charge is 2.43. The molecular weight excluding hydrogens is 755 g/mol. The summed E-state index contributed by atoms with van der Waals surface area (Å²) in [5, 5.41) is 35.6. The van der Waals surface area contributed by atoms with Crippen molar-refractivity contribution in [1.82, 2.24) is 41.0 Å². The van der Waals surface area contributed by atoms with Crippen molar-refractivity contribution < 1.29 is 66.8 Å². The van der Waals surface area contributed by atoms with Gasteiger partial charge in [0.25, 0.3) is 0 Å². The van der Waals surface area contributed by atoms with Crippen LogP contribution in [0, 0.1) is 5.92 Å². The summed E-state index contributed by atoms with van der Waals surface area (Å²) in [4.78, 5) is 109. The average Bonchev–Trinajstić information content (AvgIpc) is 3.91. The van der Waals surface area contributed by atoms with Gasteiger partial charge in [-0.1, -0.05) is 13.8 Å². The van der Waals surface area contributed by atoms with Gasteiger partial charge in [-0.25, -0.2) is 14.6 Å². The summed E-state index contributed by atoms with van der Waals surface area (Å²) >= 11 is 0. The number of imidazole rings is 1. The van der Waals surface area contributed by atoms with Crippen LogP contribution in [0.15, 0.2) is 12.5 Å². The SMILES string of the molecule is CC(C)CC(NC(=O)C(C)NC(=O)C(Cc1cnc[nH]1)NC(=O)C1CCCN1C(=O)C1CCCN1C(=O)C(C)N)C(=O)NC(CO)C(=O)O.O=C(O)C(F)(F)F. The lowest BCUT2D eigenvalue weighted by Gasteiger charge is -2.32. The predicted molar refractivity (Wildman–Crippen MR) is 187 cm³/mol. The van der Waals surface area contributed by atoms with Gasteiger partial charge in [0.2, 0.25) is 35.4 Å². The number of nitrogens with zero attached hydrogens (tertiary/aromatic N) is 3. The Hall–Kier alpha value is -5.32. The van der Waals surface area contributed by atoms with Crippen molar-refractivity contribution in [2.75, 3.05) is 19.7 Å². The topological polar surface area (TPSA) is 307 Å². The fourth-order valence-electron chi connectivity index (χ4n) is 5.97. The second-order valence-electron chi connectivity index (χ2n) is 13.8. The maximum atomic E-state index is 13.7. The second kappa shape index (κ2) is 21.1. The molecule has 0 spiro atoms. The van der Waals surface area contributed by atoms with Gasteiger partial charge in [0, 0.05) is 31.4 Å². The first-order chi connectivity index (χ1) is 26.1. The van der Waals surface area contributed by atoms with Crippen LogP contribution in [-0.2, 0) is 44.8 Å². The fourth-order valence-corrected chi connectivity index (χ4v) is 5.97. The van der Waals surface area contributed by atoms with E-state index in [1.54, 1.807) is 20.8 Å². The molecule has 7 atom stereocenters. The number of carboxylic acids is 2. The molecule has 2 aliphatic heterocycles. The van der Waals surface area contributed by atoms with Gasteiger partial charge < -0.3 is 57.1 Å². The molecule has 56 heavy (non-hydrogen) atoms. The third kappa shape index (κ3) is 13.8. The van der Waals surface area contributed by atoms with Crippen molar-refractivity contribution in [3.8, 4) is 0 Å². The number of aromatic nitrogens is 2. The first-order valence-corrected chi connectivity index (χ1v) is 17.8. The Morgan fingerprint density at radius 1 is 0.857 bits per heavy atom. The number of aliphatic hydroxyl groups is 1. The van der Waals surface area contributed by atoms with Crippen molar-refractivity contribution in [3.05, 3.63) is 18.2 Å². The summed E-state index contributed by atoms with van der Waals surface area (Å²) in [5.74, 6) is -7.83. The maximum Gasteiger partial charge on any atom is 0.490 e. The van der Waals surface area contributed by atoms with Crippen LogP contribution in [0.2, 0.25) is 0 Å². The lowest BCUT2D eigenvalue weighted by atomic mass is 10.0. The van der Waals surface area contributed by atoms with Crippen LogP contribution in [0.25, 0.3) is 0 Å². The number of H-pyrrole nitrogens is 1. The molecule has 3 rings (SSSR count). The Balaban J connectivity index is 0.00000141. The van der Waals surface area contributed by atoms with Crippen molar-refractivity contribution in [2.45, 2.75) is 115 Å². The highest BCUT2D eigenvalue weighted by Crippen LogP contribution is 2.25. The molecule has 10 N–H and O–H groups in total. The number of hydrogen-bond donors (Lipinski definition) is 9. The Labute approximate surface area is 319 Å². The molecule has 314 valence electrons. The summed E-state index contributed by atoms with van der Waals surface area (Å²) < 4.78 is 31.7. The number of hydrogen-bond acceptors (Lipinski definition) is 11. The molecule has 2 aliphatic rings. The molecule has 0 radical (unpaired) electrons. The largest absolute Gasteiger partial charge is 0.490 e.